The fourth-order valence-corrected chi connectivity index (χ4v) is 2.00. The summed E-state index contributed by atoms with van der Waals surface area (Å²) in [7, 11) is 0. The third kappa shape index (κ3) is 3.86. The molecule has 3 nitrogen and oxygen atoms in total. The summed E-state index contributed by atoms with van der Waals surface area (Å²) < 4.78 is 26.2. The molecule has 0 bridgehead atoms. The van der Waals surface area contributed by atoms with Crippen molar-refractivity contribution in [1.82, 2.24) is 0 Å². The Labute approximate surface area is 121 Å². The summed E-state index contributed by atoms with van der Waals surface area (Å²) in [6.07, 6.45) is -0.242. The van der Waals surface area contributed by atoms with Crippen molar-refractivity contribution in [2.75, 3.05) is 5.32 Å². The average molecular weight is 291 g/mol. The van der Waals surface area contributed by atoms with E-state index in [2.05, 4.69) is 5.32 Å². The predicted molar refractivity (Wildman–Crippen MR) is 75.6 cm³/mol. The van der Waals surface area contributed by atoms with Crippen LogP contribution in [0.25, 0.3) is 0 Å². The number of nitrogens with one attached hydrogen (secondary N) is 1. The SMILES string of the molecule is CC(O)(CC(=O)Nc1ccc(F)cc1F)c1ccccc1. The summed E-state index contributed by atoms with van der Waals surface area (Å²) >= 11 is 0. The van der Waals surface area contributed by atoms with E-state index in [-0.39, 0.29) is 12.1 Å². The first-order valence-corrected chi connectivity index (χ1v) is 6.41. The molecule has 0 spiro atoms. The van der Waals surface area contributed by atoms with Crippen LogP contribution in [-0.2, 0) is 10.4 Å². The number of hydrogen-bond acceptors (Lipinski definition) is 2. The summed E-state index contributed by atoms with van der Waals surface area (Å²) in [4.78, 5) is 11.9. The lowest BCUT2D eigenvalue weighted by molar-refractivity contribution is -0.120. The molecule has 0 radical (unpaired) electrons. The Morgan fingerprint density at radius 1 is 1.19 bits per heavy atom. The molecule has 0 fully saturated rings. The van der Waals surface area contributed by atoms with Crippen molar-refractivity contribution in [2.45, 2.75) is 18.9 Å². The van der Waals surface area contributed by atoms with Crippen LogP contribution < -0.4 is 5.32 Å². The molecule has 0 aliphatic rings. The molecule has 0 aromatic heterocycles. The summed E-state index contributed by atoms with van der Waals surface area (Å²) in [6.45, 7) is 1.50. The molecule has 0 saturated carbocycles. The third-order valence-electron chi connectivity index (χ3n) is 3.11. The second-order valence-electron chi connectivity index (χ2n) is 4.99. The van der Waals surface area contributed by atoms with E-state index in [0.717, 1.165) is 12.1 Å². The molecule has 2 aromatic carbocycles. The Bertz CT molecular complexity index is 642. The summed E-state index contributed by atoms with van der Waals surface area (Å²) in [5, 5.41) is 12.7. The largest absolute Gasteiger partial charge is 0.385 e. The number of rotatable bonds is 4. The van der Waals surface area contributed by atoms with Crippen LogP contribution in [0.2, 0.25) is 0 Å². The Hall–Kier alpha value is -2.27. The van der Waals surface area contributed by atoms with Gasteiger partial charge in [-0.25, -0.2) is 8.78 Å². The number of aliphatic hydroxyl groups is 1. The maximum Gasteiger partial charge on any atom is 0.227 e. The van der Waals surface area contributed by atoms with Crippen LogP contribution in [0.1, 0.15) is 18.9 Å². The Morgan fingerprint density at radius 3 is 2.48 bits per heavy atom. The second kappa shape index (κ2) is 6.01. The minimum Gasteiger partial charge on any atom is -0.385 e. The summed E-state index contributed by atoms with van der Waals surface area (Å²) in [5.41, 5.74) is -0.910. The first kappa shape index (κ1) is 15.1. The third-order valence-corrected chi connectivity index (χ3v) is 3.11. The van der Waals surface area contributed by atoms with Gasteiger partial charge < -0.3 is 10.4 Å². The topological polar surface area (TPSA) is 49.3 Å². The lowest BCUT2D eigenvalue weighted by Gasteiger charge is -2.23. The minimum atomic E-state index is -1.37. The molecule has 1 atom stereocenters. The molecule has 1 unspecified atom stereocenters. The van der Waals surface area contributed by atoms with Gasteiger partial charge in [0.15, 0.2) is 0 Å². The van der Waals surface area contributed by atoms with Gasteiger partial charge in [0.1, 0.15) is 11.6 Å². The summed E-state index contributed by atoms with van der Waals surface area (Å²) in [5.74, 6) is -2.14. The lowest BCUT2D eigenvalue weighted by Crippen LogP contribution is -2.28. The van der Waals surface area contributed by atoms with Gasteiger partial charge in [-0.05, 0) is 24.6 Å². The highest BCUT2D eigenvalue weighted by Gasteiger charge is 2.26. The van der Waals surface area contributed by atoms with Crippen molar-refractivity contribution in [1.29, 1.82) is 0 Å². The maximum absolute atomic E-state index is 13.4. The molecule has 0 aliphatic heterocycles. The molecule has 21 heavy (non-hydrogen) atoms. The quantitative estimate of drug-likeness (QED) is 0.909. The van der Waals surface area contributed by atoms with Crippen LogP contribution in [0.15, 0.2) is 48.5 Å². The molecule has 0 saturated heterocycles. The van der Waals surface area contributed by atoms with Crippen LogP contribution in [0, 0.1) is 11.6 Å². The number of carbonyl (C=O) groups is 1. The summed E-state index contributed by atoms with van der Waals surface area (Å²) in [6, 6.07) is 11.6. The molecular weight excluding hydrogens is 276 g/mol. The number of amides is 1. The van der Waals surface area contributed by atoms with Gasteiger partial charge in [0.2, 0.25) is 5.91 Å². The van der Waals surface area contributed by atoms with Gasteiger partial charge in [-0.3, -0.25) is 4.79 Å². The number of hydrogen-bond donors (Lipinski definition) is 2. The van der Waals surface area contributed by atoms with Gasteiger partial charge in [-0.2, -0.15) is 0 Å². The number of halogens is 2. The minimum absolute atomic E-state index is 0.120. The maximum atomic E-state index is 13.4. The number of anilines is 1. The van der Waals surface area contributed by atoms with Gasteiger partial charge >= 0.3 is 0 Å². The van der Waals surface area contributed by atoms with E-state index in [1.165, 1.54) is 6.92 Å². The molecule has 0 aliphatic carbocycles. The van der Waals surface area contributed by atoms with Gasteiger partial charge in [0.25, 0.3) is 0 Å². The monoisotopic (exact) mass is 291 g/mol. The molecule has 2 aromatic rings. The van der Waals surface area contributed by atoms with Gasteiger partial charge in [-0.1, -0.05) is 30.3 Å². The van der Waals surface area contributed by atoms with Gasteiger partial charge in [0.05, 0.1) is 17.7 Å². The van der Waals surface area contributed by atoms with E-state index in [9.17, 15) is 18.7 Å². The first-order chi connectivity index (χ1) is 9.88. The Balaban J connectivity index is 2.08. The highest BCUT2D eigenvalue weighted by molar-refractivity contribution is 5.91. The van der Waals surface area contributed by atoms with Crippen LogP contribution in [0.3, 0.4) is 0 Å². The molecular formula is C16H15F2NO2. The fraction of sp³-hybridized carbons (Fsp3) is 0.188. The zero-order chi connectivity index (χ0) is 15.5. The highest BCUT2D eigenvalue weighted by atomic mass is 19.1. The van der Waals surface area contributed by atoms with Crippen LogP contribution >= 0.6 is 0 Å². The van der Waals surface area contributed by atoms with Gasteiger partial charge in [0, 0.05) is 6.07 Å². The molecule has 1 amide bonds. The smallest absolute Gasteiger partial charge is 0.227 e. The number of benzene rings is 2. The lowest BCUT2D eigenvalue weighted by atomic mass is 9.92. The fourth-order valence-electron chi connectivity index (χ4n) is 2.00. The molecule has 2 rings (SSSR count). The molecule has 0 heterocycles. The van der Waals surface area contributed by atoms with Crippen molar-refractivity contribution in [3.8, 4) is 0 Å². The zero-order valence-corrected chi connectivity index (χ0v) is 11.4. The second-order valence-corrected chi connectivity index (χ2v) is 4.99. The molecule has 5 heteroatoms. The van der Waals surface area contributed by atoms with Gasteiger partial charge in [-0.15, -0.1) is 0 Å². The van der Waals surface area contributed by atoms with Crippen LogP contribution in [0.5, 0.6) is 0 Å². The van der Waals surface area contributed by atoms with E-state index in [1.54, 1.807) is 30.3 Å². The average Bonchev–Trinajstić information content (AvgIpc) is 2.42. The van der Waals surface area contributed by atoms with E-state index < -0.39 is 23.1 Å². The van der Waals surface area contributed by atoms with E-state index >= 15 is 0 Å². The van der Waals surface area contributed by atoms with E-state index in [0.29, 0.717) is 11.6 Å². The van der Waals surface area contributed by atoms with Crippen molar-refractivity contribution in [3.63, 3.8) is 0 Å². The highest BCUT2D eigenvalue weighted by Crippen LogP contribution is 2.25. The zero-order valence-electron chi connectivity index (χ0n) is 11.4. The van der Waals surface area contributed by atoms with Crippen molar-refractivity contribution in [2.24, 2.45) is 0 Å². The normalized spacial score (nSPS) is 13.5. The van der Waals surface area contributed by atoms with Crippen molar-refractivity contribution in [3.05, 3.63) is 65.7 Å². The van der Waals surface area contributed by atoms with Crippen LogP contribution in [0.4, 0.5) is 14.5 Å². The molecule has 2 N–H and O–H groups in total. The Morgan fingerprint density at radius 2 is 1.86 bits per heavy atom. The Kier molecular flexibility index (Phi) is 4.33. The van der Waals surface area contributed by atoms with E-state index in [4.69, 9.17) is 0 Å². The standard InChI is InChI=1S/C16H15F2NO2/c1-16(21,11-5-3-2-4-6-11)10-15(20)19-14-8-7-12(17)9-13(14)18/h2-9,21H,10H2,1H3,(H,19,20). The first-order valence-electron chi connectivity index (χ1n) is 6.41. The van der Waals surface area contributed by atoms with Crippen LogP contribution in [-0.4, -0.2) is 11.0 Å². The predicted octanol–water partition coefficient (Wildman–Crippen LogP) is 3.20. The van der Waals surface area contributed by atoms with Crippen molar-refractivity contribution >= 4 is 11.6 Å². The number of carbonyl (C=O) groups excluding carboxylic acids is 1. The van der Waals surface area contributed by atoms with E-state index in [1.807, 2.05) is 0 Å². The van der Waals surface area contributed by atoms with Crippen molar-refractivity contribution < 1.29 is 18.7 Å². The molecule has 110 valence electrons.